The van der Waals surface area contributed by atoms with Gasteiger partial charge in [-0.05, 0) is 0 Å². The van der Waals surface area contributed by atoms with Crippen LogP contribution in [0.4, 0.5) is 5.69 Å². The van der Waals surface area contributed by atoms with Gasteiger partial charge in [-0.3, -0.25) is 0 Å². The third-order valence-electron chi connectivity index (χ3n) is 3.66. The van der Waals surface area contributed by atoms with Crippen molar-refractivity contribution >= 4 is 26.4 Å². The van der Waals surface area contributed by atoms with Crippen LogP contribution in [0.5, 0.6) is 0 Å². The maximum atomic E-state index is 10.00. The molecule has 1 aliphatic carbocycles. The number of nitrogens with one attached hydrogen (secondary N) is 1. The van der Waals surface area contributed by atoms with E-state index >= 15 is 0 Å². The quantitative estimate of drug-likeness (QED) is 0.273. The Hall–Kier alpha value is -0.951. The van der Waals surface area contributed by atoms with Gasteiger partial charge in [0.25, 0.3) is 0 Å². The molecule has 1 aromatic carbocycles. The molecule has 0 spiro atoms. The first kappa shape index (κ1) is 16.4. The molecular weight excluding hydrogens is 339 g/mol. The second-order valence-corrected chi connectivity index (χ2v) is 5.95. The van der Waals surface area contributed by atoms with E-state index < -0.39 is 30.3 Å². The number of hydrogen-bond acceptors (Lipinski definition) is 5. The third kappa shape index (κ3) is 4.03. The van der Waals surface area contributed by atoms with Crippen LogP contribution in [0.1, 0.15) is 6.42 Å². The Balaban J connectivity index is 2.07. The number of hydrogen-bond donors (Lipinski definition) is 5. The van der Waals surface area contributed by atoms with Gasteiger partial charge in [-0.15, -0.1) is 0 Å². The number of amidine groups is 1. The second kappa shape index (κ2) is 7.35. The Morgan fingerprint density at radius 1 is 1.14 bits per heavy atom. The number of benzene rings is 1. The van der Waals surface area contributed by atoms with Crippen LogP contribution in [-0.2, 0) is 0 Å². The van der Waals surface area contributed by atoms with Gasteiger partial charge in [-0.2, -0.15) is 0 Å². The average Bonchev–Trinajstić information content (AvgIpc) is 2.49. The molecular formula is C14H19N2O4Se. The molecule has 21 heavy (non-hydrogen) atoms. The number of anilines is 1. The number of aliphatic hydroxyl groups excluding tert-OH is 4. The van der Waals surface area contributed by atoms with E-state index in [2.05, 4.69) is 26.3 Å². The zero-order valence-corrected chi connectivity index (χ0v) is 13.0. The molecule has 5 N–H and O–H groups in total. The van der Waals surface area contributed by atoms with Crippen LogP contribution in [-0.4, -0.2) is 72.1 Å². The summed E-state index contributed by atoms with van der Waals surface area (Å²) in [7, 11) is 0. The molecule has 7 heteroatoms. The van der Waals surface area contributed by atoms with Crippen LogP contribution in [0, 0.1) is 5.92 Å². The van der Waals surface area contributed by atoms with Crippen molar-refractivity contribution < 1.29 is 20.4 Å². The standard InChI is InChI=1S/C14H19N2O4Se/c17-7-8-6-10(12(19)13(20)11(8)18)16-14(21)15-9-4-2-1-3-5-9/h1-5,8,10-13,17-20H,6-7H2,(H,15,16)/t8-,10-,11-,12+,13+/m1/s1. The molecule has 1 fully saturated rings. The first-order chi connectivity index (χ1) is 10.0. The number of aliphatic imine (C=N–C) groups is 1. The van der Waals surface area contributed by atoms with E-state index in [0.717, 1.165) is 5.69 Å². The van der Waals surface area contributed by atoms with E-state index in [1.54, 1.807) is 0 Å². The zero-order valence-electron chi connectivity index (χ0n) is 11.3. The van der Waals surface area contributed by atoms with Gasteiger partial charge in [0.2, 0.25) is 0 Å². The number of nitrogens with zero attached hydrogens (tertiary/aromatic N) is 1. The van der Waals surface area contributed by atoms with Gasteiger partial charge < -0.3 is 0 Å². The van der Waals surface area contributed by atoms with Crippen LogP contribution in [0.2, 0.25) is 0 Å². The summed E-state index contributed by atoms with van der Waals surface area (Å²) >= 11 is 2.77. The van der Waals surface area contributed by atoms with Crippen molar-refractivity contribution in [3.63, 3.8) is 0 Å². The first-order valence-electron chi connectivity index (χ1n) is 6.75. The second-order valence-electron chi connectivity index (χ2n) is 5.14. The Labute approximate surface area is 131 Å². The van der Waals surface area contributed by atoms with Crippen molar-refractivity contribution in [1.29, 1.82) is 0 Å². The van der Waals surface area contributed by atoms with Crippen molar-refractivity contribution in [2.24, 2.45) is 10.9 Å². The molecule has 6 nitrogen and oxygen atoms in total. The summed E-state index contributed by atoms with van der Waals surface area (Å²) in [6, 6.07) is 8.82. The number of rotatable bonds is 3. The summed E-state index contributed by atoms with van der Waals surface area (Å²) in [6.07, 6.45) is -3.31. The normalized spacial score (nSPS) is 33.7. The molecule has 115 valence electrons. The minimum atomic E-state index is -1.31. The summed E-state index contributed by atoms with van der Waals surface area (Å²) in [6.45, 7) is -0.258. The van der Waals surface area contributed by atoms with E-state index in [0.29, 0.717) is 11.2 Å². The molecule has 1 aromatic rings. The van der Waals surface area contributed by atoms with Crippen LogP contribution in [0.3, 0.4) is 0 Å². The van der Waals surface area contributed by atoms with E-state index in [-0.39, 0.29) is 6.61 Å². The SMILES string of the molecule is OC[C@H]1C[C@@H](N=C([Se])Nc2ccccc2)[C@H](O)[C@@H](O)[C@@H]1O. The van der Waals surface area contributed by atoms with Gasteiger partial charge in [-0.1, -0.05) is 0 Å². The average molecular weight is 358 g/mol. The molecule has 0 unspecified atom stereocenters. The zero-order chi connectivity index (χ0) is 15.4. The Bertz CT molecular complexity index is 483. The van der Waals surface area contributed by atoms with Crippen LogP contribution >= 0.6 is 0 Å². The third-order valence-corrected chi connectivity index (χ3v) is 4.10. The Kier molecular flexibility index (Phi) is 5.75. The van der Waals surface area contributed by atoms with Crippen molar-refractivity contribution in [1.82, 2.24) is 0 Å². The predicted octanol–water partition coefficient (Wildman–Crippen LogP) is -0.914. The molecule has 0 amide bonds. The Morgan fingerprint density at radius 3 is 2.43 bits per heavy atom. The first-order valence-corrected chi connectivity index (χ1v) is 7.60. The maximum absolute atomic E-state index is 10.00. The van der Waals surface area contributed by atoms with E-state index in [9.17, 15) is 20.4 Å². The van der Waals surface area contributed by atoms with Crippen molar-refractivity contribution in [2.45, 2.75) is 30.8 Å². The van der Waals surface area contributed by atoms with E-state index in [1.807, 2.05) is 30.3 Å². The van der Waals surface area contributed by atoms with Gasteiger partial charge in [-0.25, -0.2) is 0 Å². The van der Waals surface area contributed by atoms with Crippen LogP contribution < -0.4 is 5.32 Å². The van der Waals surface area contributed by atoms with Gasteiger partial charge in [0, 0.05) is 0 Å². The van der Waals surface area contributed by atoms with Crippen molar-refractivity contribution in [2.75, 3.05) is 11.9 Å². The topological polar surface area (TPSA) is 105 Å². The monoisotopic (exact) mass is 359 g/mol. The molecule has 2 rings (SSSR count). The molecule has 0 saturated heterocycles. The van der Waals surface area contributed by atoms with Gasteiger partial charge >= 0.3 is 131 Å². The molecule has 0 aromatic heterocycles. The minimum absolute atomic E-state index is 0.258. The summed E-state index contributed by atoms with van der Waals surface area (Å²) in [4.78, 5) is 4.31. The molecule has 1 saturated carbocycles. The summed E-state index contributed by atoms with van der Waals surface area (Å²) in [5.41, 5.74) is 0.847. The fraction of sp³-hybridized carbons (Fsp3) is 0.500. The van der Waals surface area contributed by atoms with Crippen LogP contribution in [0.15, 0.2) is 35.3 Å². The van der Waals surface area contributed by atoms with Gasteiger partial charge in [0.1, 0.15) is 0 Å². The Morgan fingerprint density at radius 2 is 1.81 bits per heavy atom. The van der Waals surface area contributed by atoms with E-state index in [1.165, 1.54) is 0 Å². The van der Waals surface area contributed by atoms with Gasteiger partial charge in [0.15, 0.2) is 0 Å². The number of aliphatic hydroxyl groups is 4. The fourth-order valence-electron chi connectivity index (χ4n) is 2.44. The van der Waals surface area contributed by atoms with E-state index in [4.69, 9.17) is 0 Å². The van der Waals surface area contributed by atoms with Crippen molar-refractivity contribution in [3.05, 3.63) is 30.3 Å². The van der Waals surface area contributed by atoms with Gasteiger partial charge in [0.05, 0.1) is 0 Å². The molecule has 1 aliphatic rings. The molecule has 5 atom stereocenters. The predicted molar refractivity (Wildman–Crippen MR) is 80.3 cm³/mol. The van der Waals surface area contributed by atoms with Crippen molar-refractivity contribution in [3.8, 4) is 0 Å². The molecule has 0 heterocycles. The summed E-state index contributed by atoms with van der Waals surface area (Å²) < 4.78 is 0.477. The number of para-hydroxylation sites is 1. The molecule has 1 radical (unpaired) electrons. The molecule has 0 bridgehead atoms. The molecule has 0 aliphatic heterocycles. The summed E-state index contributed by atoms with van der Waals surface area (Å²) in [5.74, 6) is -0.498. The summed E-state index contributed by atoms with van der Waals surface area (Å²) in [5, 5.41) is 41.8. The van der Waals surface area contributed by atoms with Crippen LogP contribution in [0.25, 0.3) is 0 Å². The fourth-order valence-corrected chi connectivity index (χ4v) is 2.97.